The second kappa shape index (κ2) is 9.43. The lowest BCUT2D eigenvalue weighted by molar-refractivity contribution is 0.332. The van der Waals surface area contributed by atoms with E-state index in [1.54, 1.807) is 7.05 Å². The van der Waals surface area contributed by atoms with E-state index < -0.39 is 0 Å². The molecule has 2 N–H and O–H groups in total. The molecule has 0 atom stereocenters. The monoisotopic (exact) mass is 307 g/mol. The molecule has 0 bridgehead atoms. The largest absolute Gasteiger partial charge is 0.356 e. The van der Waals surface area contributed by atoms with Gasteiger partial charge in [-0.15, -0.1) is 0 Å². The van der Waals surface area contributed by atoms with Crippen LogP contribution < -0.4 is 10.6 Å². The van der Waals surface area contributed by atoms with Gasteiger partial charge in [0.05, 0.1) is 0 Å². The summed E-state index contributed by atoms with van der Waals surface area (Å²) in [7, 11) is 1.80. The molecule has 0 aliphatic heterocycles. The van der Waals surface area contributed by atoms with Crippen LogP contribution in [-0.2, 0) is 6.42 Å². The SMILES string of the molecule is CN=C(NCCCC1CCCCC1)NCCc1nc(C)no1. The molecule has 1 aromatic heterocycles. The van der Waals surface area contributed by atoms with Gasteiger partial charge in [-0.2, -0.15) is 4.98 Å². The van der Waals surface area contributed by atoms with E-state index in [9.17, 15) is 0 Å². The highest BCUT2D eigenvalue weighted by atomic mass is 16.5. The van der Waals surface area contributed by atoms with Crippen LogP contribution in [0.15, 0.2) is 9.52 Å². The number of rotatable bonds is 7. The maximum atomic E-state index is 5.08. The molecule has 2 rings (SSSR count). The molecule has 1 aliphatic rings. The second-order valence-electron chi connectivity index (χ2n) is 6.06. The quantitative estimate of drug-likeness (QED) is 0.460. The number of guanidine groups is 1. The van der Waals surface area contributed by atoms with Crippen molar-refractivity contribution >= 4 is 5.96 Å². The van der Waals surface area contributed by atoms with E-state index in [-0.39, 0.29) is 0 Å². The Bertz CT molecular complexity index is 451. The summed E-state index contributed by atoms with van der Waals surface area (Å²) in [5.74, 6) is 3.14. The molecule has 0 aromatic carbocycles. The normalized spacial score (nSPS) is 16.7. The minimum Gasteiger partial charge on any atom is -0.356 e. The number of aromatic nitrogens is 2. The van der Waals surface area contributed by atoms with Gasteiger partial charge in [-0.05, 0) is 25.7 Å². The summed E-state index contributed by atoms with van der Waals surface area (Å²) in [6, 6.07) is 0. The van der Waals surface area contributed by atoms with Crippen LogP contribution in [0.2, 0.25) is 0 Å². The lowest BCUT2D eigenvalue weighted by Crippen LogP contribution is -2.38. The van der Waals surface area contributed by atoms with E-state index in [2.05, 4.69) is 25.8 Å². The van der Waals surface area contributed by atoms with E-state index in [4.69, 9.17) is 4.52 Å². The standard InChI is InChI=1S/C16H29N5O/c1-13-20-15(22-21-13)10-12-19-16(17-2)18-11-6-9-14-7-4-3-5-8-14/h14H,3-12H2,1-2H3,(H2,17,18,19). The van der Waals surface area contributed by atoms with Crippen LogP contribution in [-0.4, -0.2) is 36.2 Å². The summed E-state index contributed by atoms with van der Waals surface area (Å²) in [6.07, 6.45) is 10.4. The molecule has 1 aliphatic carbocycles. The van der Waals surface area contributed by atoms with Crippen LogP contribution >= 0.6 is 0 Å². The molecule has 0 radical (unpaired) electrons. The van der Waals surface area contributed by atoms with Crippen molar-refractivity contribution in [1.29, 1.82) is 0 Å². The minimum atomic E-state index is 0.665. The first-order chi connectivity index (χ1) is 10.8. The number of hydrogen-bond acceptors (Lipinski definition) is 4. The van der Waals surface area contributed by atoms with Crippen LogP contribution in [0.4, 0.5) is 0 Å². The van der Waals surface area contributed by atoms with Gasteiger partial charge in [0.1, 0.15) is 0 Å². The first kappa shape index (κ1) is 16.8. The number of nitrogens with one attached hydrogen (secondary N) is 2. The van der Waals surface area contributed by atoms with Crippen LogP contribution in [0.5, 0.6) is 0 Å². The van der Waals surface area contributed by atoms with Crippen LogP contribution in [0.25, 0.3) is 0 Å². The maximum Gasteiger partial charge on any atom is 0.228 e. The lowest BCUT2D eigenvalue weighted by atomic mass is 9.86. The van der Waals surface area contributed by atoms with Crippen molar-refractivity contribution in [3.63, 3.8) is 0 Å². The fourth-order valence-electron chi connectivity index (χ4n) is 3.02. The zero-order valence-electron chi connectivity index (χ0n) is 13.9. The average molecular weight is 307 g/mol. The van der Waals surface area contributed by atoms with Gasteiger partial charge in [0, 0.05) is 26.6 Å². The van der Waals surface area contributed by atoms with Crippen LogP contribution in [0.3, 0.4) is 0 Å². The Morgan fingerprint density at radius 2 is 2.00 bits per heavy atom. The molecule has 22 heavy (non-hydrogen) atoms. The lowest BCUT2D eigenvalue weighted by Gasteiger charge is -2.21. The molecule has 1 heterocycles. The molecule has 1 aromatic rings. The van der Waals surface area contributed by atoms with Gasteiger partial charge >= 0.3 is 0 Å². The summed E-state index contributed by atoms with van der Waals surface area (Å²) in [5.41, 5.74) is 0. The minimum absolute atomic E-state index is 0.665. The number of nitrogens with zero attached hydrogens (tertiary/aromatic N) is 3. The fraction of sp³-hybridized carbons (Fsp3) is 0.812. The van der Waals surface area contributed by atoms with Crippen molar-refractivity contribution < 1.29 is 4.52 Å². The predicted molar refractivity (Wildman–Crippen MR) is 87.9 cm³/mol. The Labute approximate surface area is 133 Å². The number of aliphatic imine (C=N–C) groups is 1. The summed E-state index contributed by atoms with van der Waals surface area (Å²) in [4.78, 5) is 8.42. The van der Waals surface area contributed by atoms with Gasteiger partial charge in [-0.3, -0.25) is 4.99 Å². The molecule has 0 saturated heterocycles. The molecule has 6 nitrogen and oxygen atoms in total. The van der Waals surface area contributed by atoms with Crippen molar-refractivity contribution in [2.45, 2.75) is 58.3 Å². The third kappa shape index (κ3) is 6.03. The van der Waals surface area contributed by atoms with Gasteiger partial charge in [0.2, 0.25) is 5.89 Å². The van der Waals surface area contributed by atoms with E-state index in [1.165, 1.54) is 44.9 Å². The first-order valence-electron chi connectivity index (χ1n) is 8.51. The zero-order chi connectivity index (χ0) is 15.6. The smallest absolute Gasteiger partial charge is 0.228 e. The molecule has 6 heteroatoms. The Kier molecular flexibility index (Phi) is 7.19. The van der Waals surface area contributed by atoms with E-state index in [0.717, 1.165) is 25.0 Å². The Morgan fingerprint density at radius 3 is 2.68 bits per heavy atom. The number of aryl methyl sites for hydroxylation is 1. The van der Waals surface area contributed by atoms with Crippen molar-refractivity contribution in [3.05, 3.63) is 11.7 Å². The van der Waals surface area contributed by atoms with Crippen molar-refractivity contribution in [3.8, 4) is 0 Å². The highest BCUT2D eigenvalue weighted by Crippen LogP contribution is 2.26. The molecule has 1 fully saturated rings. The Hall–Kier alpha value is -1.59. The fourth-order valence-corrected chi connectivity index (χ4v) is 3.02. The highest BCUT2D eigenvalue weighted by molar-refractivity contribution is 5.79. The van der Waals surface area contributed by atoms with Gasteiger partial charge in [-0.1, -0.05) is 37.3 Å². The Balaban J connectivity index is 1.54. The molecule has 0 unspecified atom stereocenters. The zero-order valence-corrected chi connectivity index (χ0v) is 13.9. The molecule has 124 valence electrons. The van der Waals surface area contributed by atoms with Gasteiger partial charge in [0.15, 0.2) is 11.8 Å². The molecule has 0 spiro atoms. The van der Waals surface area contributed by atoms with E-state index in [0.29, 0.717) is 18.1 Å². The summed E-state index contributed by atoms with van der Waals surface area (Å²) in [5, 5.41) is 10.4. The highest BCUT2D eigenvalue weighted by Gasteiger charge is 2.12. The Morgan fingerprint density at radius 1 is 1.23 bits per heavy atom. The van der Waals surface area contributed by atoms with Crippen molar-refractivity contribution in [1.82, 2.24) is 20.8 Å². The second-order valence-corrected chi connectivity index (χ2v) is 6.06. The summed E-state index contributed by atoms with van der Waals surface area (Å²) in [6.45, 7) is 3.55. The summed E-state index contributed by atoms with van der Waals surface area (Å²) >= 11 is 0. The maximum absolute atomic E-state index is 5.08. The number of hydrogen-bond donors (Lipinski definition) is 2. The topological polar surface area (TPSA) is 75.3 Å². The molecular weight excluding hydrogens is 278 g/mol. The van der Waals surface area contributed by atoms with Gasteiger partial charge < -0.3 is 15.2 Å². The van der Waals surface area contributed by atoms with Crippen molar-refractivity contribution in [2.75, 3.05) is 20.1 Å². The molecular formula is C16H29N5O. The van der Waals surface area contributed by atoms with Crippen LogP contribution in [0.1, 0.15) is 56.7 Å². The predicted octanol–water partition coefficient (Wildman–Crippen LogP) is 2.45. The molecule has 0 amide bonds. The third-order valence-corrected chi connectivity index (χ3v) is 4.23. The van der Waals surface area contributed by atoms with E-state index >= 15 is 0 Å². The van der Waals surface area contributed by atoms with E-state index in [1.807, 2.05) is 6.92 Å². The summed E-state index contributed by atoms with van der Waals surface area (Å²) < 4.78 is 5.08. The van der Waals surface area contributed by atoms with Gasteiger partial charge in [0.25, 0.3) is 0 Å². The van der Waals surface area contributed by atoms with Gasteiger partial charge in [-0.25, -0.2) is 0 Å². The molecule has 1 saturated carbocycles. The third-order valence-electron chi connectivity index (χ3n) is 4.23. The van der Waals surface area contributed by atoms with Crippen molar-refractivity contribution in [2.24, 2.45) is 10.9 Å². The first-order valence-corrected chi connectivity index (χ1v) is 8.51. The van der Waals surface area contributed by atoms with Crippen LogP contribution in [0, 0.1) is 12.8 Å². The average Bonchev–Trinajstić information content (AvgIpc) is 2.96.